The lowest BCUT2D eigenvalue weighted by molar-refractivity contribution is 0.0673. The second-order valence-corrected chi connectivity index (χ2v) is 6.69. The van der Waals surface area contributed by atoms with Gasteiger partial charge in [-0.05, 0) is 18.9 Å². The number of carboxylic acid groups (broad SMARTS) is 2. The first-order valence-corrected chi connectivity index (χ1v) is 8.33. The van der Waals surface area contributed by atoms with Crippen molar-refractivity contribution in [2.24, 2.45) is 11.1 Å². The average molecular weight is 380 g/mol. The van der Waals surface area contributed by atoms with Crippen LogP contribution in [0, 0.1) is 10.8 Å². The number of alkyl halides is 1. The molecule has 1 aromatic heterocycles. The molecule has 0 radical (unpaired) electrons. The van der Waals surface area contributed by atoms with Crippen LogP contribution in [0.3, 0.4) is 0 Å². The molecule has 0 spiro atoms. The van der Waals surface area contributed by atoms with Gasteiger partial charge in [0, 0.05) is 23.9 Å². The van der Waals surface area contributed by atoms with Crippen LogP contribution in [0.4, 0.5) is 0 Å². The SMILES string of the molecule is CC(Cl)CC(Cn1nc(C(=O)O)cc1C(=O)O)C(N=O)c1ccccc1. The Morgan fingerprint density at radius 1 is 1.23 bits per heavy atom. The van der Waals surface area contributed by atoms with Crippen molar-refractivity contribution in [1.82, 2.24) is 9.78 Å². The minimum Gasteiger partial charge on any atom is -0.477 e. The number of nitrogens with zero attached hydrogens (tertiary/aromatic N) is 3. The number of halogens is 1. The molecule has 3 atom stereocenters. The summed E-state index contributed by atoms with van der Waals surface area (Å²) >= 11 is 6.10. The van der Waals surface area contributed by atoms with Gasteiger partial charge >= 0.3 is 11.9 Å². The second-order valence-electron chi connectivity index (χ2n) is 5.94. The first kappa shape index (κ1) is 19.6. The summed E-state index contributed by atoms with van der Waals surface area (Å²) in [6, 6.07) is 9.07. The Balaban J connectivity index is 2.40. The van der Waals surface area contributed by atoms with E-state index in [2.05, 4.69) is 10.3 Å². The van der Waals surface area contributed by atoms with Crippen LogP contribution in [0.25, 0.3) is 0 Å². The number of aromatic carboxylic acids is 2. The molecule has 0 aliphatic heterocycles. The molecule has 1 aromatic carbocycles. The van der Waals surface area contributed by atoms with Crippen molar-refractivity contribution in [2.45, 2.75) is 31.3 Å². The van der Waals surface area contributed by atoms with Gasteiger partial charge in [0.1, 0.15) is 11.7 Å². The lowest BCUT2D eigenvalue weighted by Gasteiger charge is -2.23. The van der Waals surface area contributed by atoms with Crippen molar-refractivity contribution in [3.63, 3.8) is 0 Å². The second kappa shape index (κ2) is 8.57. The molecule has 26 heavy (non-hydrogen) atoms. The molecule has 0 bridgehead atoms. The molecule has 0 saturated carbocycles. The molecule has 9 heteroatoms. The Morgan fingerprint density at radius 2 is 1.88 bits per heavy atom. The number of benzene rings is 1. The van der Waals surface area contributed by atoms with E-state index in [0.717, 1.165) is 10.7 Å². The van der Waals surface area contributed by atoms with Gasteiger partial charge < -0.3 is 10.2 Å². The van der Waals surface area contributed by atoms with Gasteiger partial charge in [-0.25, -0.2) is 9.59 Å². The highest BCUT2D eigenvalue weighted by Gasteiger charge is 2.29. The van der Waals surface area contributed by atoms with E-state index in [4.69, 9.17) is 16.7 Å². The number of hydrogen-bond donors (Lipinski definition) is 2. The molecule has 2 N–H and O–H groups in total. The van der Waals surface area contributed by atoms with E-state index < -0.39 is 23.9 Å². The molecular weight excluding hydrogens is 362 g/mol. The van der Waals surface area contributed by atoms with E-state index in [1.807, 2.05) is 0 Å². The fourth-order valence-corrected chi connectivity index (χ4v) is 3.07. The van der Waals surface area contributed by atoms with Gasteiger partial charge in [-0.1, -0.05) is 35.5 Å². The number of carbonyl (C=O) groups is 2. The normalized spacial score (nSPS) is 14.4. The van der Waals surface area contributed by atoms with Crippen molar-refractivity contribution in [2.75, 3.05) is 0 Å². The van der Waals surface area contributed by atoms with E-state index in [9.17, 15) is 19.6 Å². The molecule has 138 valence electrons. The first-order valence-electron chi connectivity index (χ1n) is 7.89. The quantitative estimate of drug-likeness (QED) is 0.508. The van der Waals surface area contributed by atoms with E-state index in [0.29, 0.717) is 12.0 Å². The predicted molar refractivity (Wildman–Crippen MR) is 94.5 cm³/mol. The van der Waals surface area contributed by atoms with Gasteiger partial charge in [0.2, 0.25) is 0 Å². The number of hydrogen-bond acceptors (Lipinski definition) is 5. The minimum atomic E-state index is -1.33. The van der Waals surface area contributed by atoms with Crippen LogP contribution in [0.5, 0.6) is 0 Å². The number of aromatic nitrogens is 2. The van der Waals surface area contributed by atoms with Gasteiger partial charge in [0.15, 0.2) is 5.69 Å². The standard InChI is InChI=1S/C17H18ClN3O5/c1-10(18)7-12(15(20-26)11-5-3-2-4-6-11)9-21-14(17(24)25)8-13(19-21)16(22)23/h2-6,8,10,12,15H,7,9H2,1H3,(H,22,23)(H,24,25). The maximum atomic E-state index is 11.5. The van der Waals surface area contributed by atoms with Crippen molar-refractivity contribution < 1.29 is 19.8 Å². The van der Waals surface area contributed by atoms with Crippen molar-refractivity contribution >= 4 is 23.5 Å². The van der Waals surface area contributed by atoms with E-state index >= 15 is 0 Å². The van der Waals surface area contributed by atoms with Crippen molar-refractivity contribution in [1.29, 1.82) is 0 Å². The Bertz CT molecular complexity index is 791. The molecule has 3 unspecified atom stereocenters. The summed E-state index contributed by atoms with van der Waals surface area (Å²) in [4.78, 5) is 34.0. The zero-order chi connectivity index (χ0) is 19.3. The highest BCUT2D eigenvalue weighted by molar-refractivity contribution is 6.20. The summed E-state index contributed by atoms with van der Waals surface area (Å²) in [6.45, 7) is 1.75. The fourth-order valence-electron chi connectivity index (χ4n) is 2.84. The zero-order valence-electron chi connectivity index (χ0n) is 13.9. The van der Waals surface area contributed by atoms with Crippen LogP contribution in [0.15, 0.2) is 41.6 Å². The van der Waals surface area contributed by atoms with Crippen molar-refractivity contribution in [3.05, 3.63) is 58.3 Å². The van der Waals surface area contributed by atoms with Crippen LogP contribution in [0.1, 0.15) is 45.9 Å². The molecule has 0 amide bonds. The summed E-state index contributed by atoms with van der Waals surface area (Å²) in [5.41, 5.74) is 0.0232. The predicted octanol–water partition coefficient (Wildman–Crippen LogP) is 3.42. The van der Waals surface area contributed by atoms with E-state index in [-0.39, 0.29) is 23.3 Å². The maximum Gasteiger partial charge on any atom is 0.356 e. The van der Waals surface area contributed by atoms with Crippen LogP contribution in [0.2, 0.25) is 0 Å². The number of nitroso groups, excluding NO2 is 1. The third kappa shape index (κ3) is 4.66. The molecule has 8 nitrogen and oxygen atoms in total. The number of carboxylic acids is 2. The molecule has 0 saturated heterocycles. The Hall–Kier alpha value is -2.74. The summed E-state index contributed by atoms with van der Waals surface area (Å²) in [5, 5.41) is 25.1. The summed E-state index contributed by atoms with van der Waals surface area (Å²) in [5.74, 6) is -3.10. The Morgan fingerprint density at radius 3 is 2.38 bits per heavy atom. The van der Waals surface area contributed by atoms with Crippen molar-refractivity contribution in [3.8, 4) is 0 Å². The molecule has 1 heterocycles. The highest BCUT2D eigenvalue weighted by Crippen LogP contribution is 2.32. The molecular formula is C17H18ClN3O5. The van der Waals surface area contributed by atoms with Crippen LogP contribution in [-0.2, 0) is 6.54 Å². The fraction of sp³-hybridized carbons (Fsp3) is 0.353. The largest absolute Gasteiger partial charge is 0.477 e. The molecule has 2 rings (SSSR count). The average Bonchev–Trinajstić information content (AvgIpc) is 3.00. The third-order valence-corrected chi connectivity index (χ3v) is 4.13. The smallest absolute Gasteiger partial charge is 0.356 e. The van der Waals surface area contributed by atoms with Crippen LogP contribution in [-0.4, -0.2) is 37.3 Å². The zero-order valence-corrected chi connectivity index (χ0v) is 14.7. The molecule has 2 aromatic rings. The van der Waals surface area contributed by atoms with Gasteiger partial charge in [0.05, 0.1) is 0 Å². The van der Waals surface area contributed by atoms with Crippen LogP contribution >= 0.6 is 11.6 Å². The topological polar surface area (TPSA) is 122 Å². The van der Waals surface area contributed by atoms with Gasteiger partial charge in [-0.2, -0.15) is 10.0 Å². The van der Waals surface area contributed by atoms with Crippen LogP contribution < -0.4 is 0 Å². The first-order chi connectivity index (χ1) is 12.3. The minimum absolute atomic E-state index is 0.00270. The Labute approximate surface area is 154 Å². The summed E-state index contributed by atoms with van der Waals surface area (Å²) < 4.78 is 1.08. The molecule has 0 fully saturated rings. The monoisotopic (exact) mass is 379 g/mol. The maximum absolute atomic E-state index is 11.5. The number of rotatable bonds is 9. The van der Waals surface area contributed by atoms with Gasteiger partial charge in [0.25, 0.3) is 0 Å². The van der Waals surface area contributed by atoms with Gasteiger partial charge in [-0.3, -0.25) is 4.68 Å². The highest BCUT2D eigenvalue weighted by atomic mass is 35.5. The molecule has 0 aliphatic carbocycles. The third-order valence-electron chi connectivity index (χ3n) is 3.95. The summed E-state index contributed by atoms with van der Waals surface area (Å²) in [6.07, 6.45) is 0.369. The molecule has 0 aliphatic rings. The lowest BCUT2D eigenvalue weighted by atomic mass is 9.89. The Kier molecular flexibility index (Phi) is 6.46. The van der Waals surface area contributed by atoms with E-state index in [1.165, 1.54) is 0 Å². The van der Waals surface area contributed by atoms with Gasteiger partial charge in [-0.15, -0.1) is 11.6 Å². The summed E-state index contributed by atoms with van der Waals surface area (Å²) in [7, 11) is 0. The van der Waals surface area contributed by atoms with E-state index in [1.54, 1.807) is 37.3 Å². The lowest BCUT2D eigenvalue weighted by Crippen LogP contribution is -2.23.